The second-order valence-corrected chi connectivity index (χ2v) is 7.77. The van der Waals surface area contributed by atoms with Gasteiger partial charge in [-0.05, 0) is 70.2 Å². The van der Waals surface area contributed by atoms with Crippen molar-refractivity contribution < 1.29 is 0 Å². The Morgan fingerprint density at radius 3 is 2.78 bits per heavy atom. The van der Waals surface area contributed by atoms with Crippen LogP contribution in [-0.2, 0) is 13.1 Å². The number of imidazole rings is 1. The third-order valence-electron chi connectivity index (χ3n) is 2.92. The molecule has 1 N–H and O–H groups in total. The smallest absolute Gasteiger partial charge is 0.132 e. The molecule has 3 rings (SSSR count). The Kier molecular flexibility index (Phi) is 4.26. The van der Waals surface area contributed by atoms with Gasteiger partial charge in [-0.3, -0.25) is 0 Å². The van der Waals surface area contributed by atoms with Gasteiger partial charge in [0.1, 0.15) is 7.40 Å². The normalized spacial score (nSPS) is 15.2. The SMILES string of the molecule is Ic1ncn(Cc2ccc(CNC3CC3)s2)c1I. The van der Waals surface area contributed by atoms with Gasteiger partial charge < -0.3 is 9.88 Å². The maximum Gasteiger partial charge on any atom is 0.132 e. The predicted molar refractivity (Wildman–Crippen MR) is 90.9 cm³/mol. The quantitative estimate of drug-likeness (QED) is 0.659. The largest absolute Gasteiger partial charge is 0.320 e. The summed E-state index contributed by atoms with van der Waals surface area (Å²) in [4.78, 5) is 7.15. The van der Waals surface area contributed by atoms with Crippen molar-refractivity contribution in [3.8, 4) is 0 Å². The van der Waals surface area contributed by atoms with Crippen LogP contribution in [0.4, 0.5) is 0 Å². The molecule has 0 aliphatic heterocycles. The van der Waals surface area contributed by atoms with E-state index in [-0.39, 0.29) is 0 Å². The topological polar surface area (TPSA) is 29.9 Å². The van der Waals surface area contributed by atoms with Gasteiger partial charge in [0.15, 0.2) is 0 Å². The van der Waals surface area contributed by atoms with E-state index in [1.165, 1.54) is 26.3 Å². The Morgan fingerprint density at radius 2 is 2.11 bits per heavy atom. The lowest BCUT2D eigenvalue weighted by Gasteiger charge is -2.01. The fraction of sp³-hybridized carbons (Fsp3) is 0.417. The van der Waals surface area contributed by atoms with Crippen molar-refractivity contribution in [2.24, 2.45) is 0 Å². The second-order valence-electron chi connectivity index (χ2n) is 4.48. The molecule has 2 aromatic heterocycles. The first kappa shape index (κ1) is 13.3. The summed E-state index contributed by atoms with van der Waals surface area (Å²) in [5.74, 6) is 0. The van der Waals surface area contributed by atoms with E-state index in [4.69, 9.17) is 0 Å². The van der Waals surface area contributed by atoms with Gasteiger partial charge in [0.25, 0.3) is 0 Å². The van der Waals surface area contributed by atoms with Crippen molar-refractivity contribution in [1.29, 1.82) is 0 Å². The molecule has 1 saturated carbocycles. The van der Waals surface area contributed by atoms with Crippen LogP contribution in [0.1, 0.15) is 22.6 Å². The van der Waals surface area contributed by atoms with E-state index in [0.717, 1.165) is 22.8 Å². The minimum Gasteiger partial charge on any atom is -0.320 e. The number of hydrogen-bond acceptors (Lipinski definition) is 3. The lowest BCUT2D eigenvalue weighted by molar-refractivity contribution is 0.695. The number of nitrogens with one attached hydrogen (secondary N) is 1. The molecular formula is C12H13I2N3S. The Balaban J connectivity index is 1.63. The molecule has 1 aliphatic carbocycles. The number of nitrogens with zero attached hydrogens (tertiary/aromatic N) is 2. The zero-order valence-electron chi connectivity index (χ0n) is 9.70. The van der Waals surface area contributed by atoms with E-state index in [1.54, 1.807) is 0 Å². The van der Waals surface area contributed by atoms with Gasteiger partial charge in [-0.2, -0.15) is 0 Å². The Bertz CT molecular complexity index is 545. The molecule has 0 bridgehead atoms. The fourth-order valence-corrected chi connectivity index (χ4v) is 3.59. The minimum absolute atomic E-state index is 0.784. The van der Waals surface area contributed by atoms with Crippen molar-refractivity contribution in [3.63, 3.8) is 0 Å². The van der Waals surface area contributed by atoms with Gasteiger partial charge in [0.2, 0.25) is 0 Å². The predicted octanol–water partition coefficient (Wildman–Crippen LogP) is 3.45. The lowest BCUT2D eigenvalue weighted by atomic mass is 10.4. The average molecular weight is 485 g/mol. The number of aromatic nitrogens is 2. The summed E-state index contributed by atoms with van der Waals surface area (Å²) in [6, 6.07) is 5.26. The monoisotopic (exact) mass is 485 g/mol. The molecule has 0 saturated heterocycles. The zero-order chi connectivity index (χ0) is 12.5. The Hall–Kier alpha value is 0.330. The van der Waals surface area contributed by atoms with Gasteiger partial charge in [-0.1, -0.05) is 0 Å². The number of thiophene rings is 1. The van der Waals surface area contributed by atoms with Crippen molar-refractivity contribution in [3.05, 3.63) is 35.6 Å². The Morgan fingerprint density at radius 1 is 1.33 bits per heavy atom. The first-order valence-corrected chi connectivity index (χ1v) is 8.87. The summed E-state index contributed by atoms with van der Waals surface area (Å²) in [7, 11) is 0. The van der Waals surface area contributed by atoms with E-state index in [1.807, 2.05) is 17.7 Å². The minimum atomic E-state index is 0.784. The fourth-order valence-electron chi connectivity index (χ4n) is 1.76. The highest BCUT2D eigenvalue weighted by Crippen LogP contribution is 2.23. The molecule has 0 aromatic carbocycles. The van der Waals surface area contributed by atoms with Gasteiger partial charge >= 0.3 is 0 Å². The van der Waals surface area contributed by atoms with Crippen LogP contribution in [0.15, 0.2) is 18.5 Å². The molecule has 0 atom stereocenters. The number of hydrogen-bond donors (Lipinski definition) is 1. The van der Waals surface area contributed by atoms with Crippen molar-refractivity contribution in [1.82, 2.24) is 14.9 Å². The van der Waals surface area contributed by atoms with Crippen LogP contribution < -0.4 is 5.32 Å². The summed E-state index contributed by atoms with van der Waals surface area (Å²) in [5.41, 5.74) is 0. The van der Waals surface area contributed by atoms with Gasteiger partial charge in [-0.15, -0.1) is 11.3 Å². The van der Waals surface area contributed by atoms with Crippen molar-refractivity contribution in [2.75, 3.05) is 0 Å². The van der Waals surface area contributed by atoms with E-state index in [2.05, 4.69) is 72.2 Å². The van der Waals surface area contributed by atoms with Crippen LogP contribution in [0, 0.1) is 7.40 Å². The van der Waals surface area contributed by atoms with E-state index in [0.29, 0.717) is 0 Å². The van der Waals surface area contributed by atoms with Crippen LogP contribution in [0.25, 0.3) is 0 Å². The van der Waals surface area contributed by atoms with Crippen LogP contribution in [0.3, 0.4) is 0 Å². The molecule has 0 amide bonds. The van der Waals surface area contributed by atoms with Crippen LogP contribution in [0.2, 0.25) is 0 Å². The molecule has 2 heterocycles. The average Bonchev–Trinajstić information content (AvgIpc) is 3.02. The summed E-state index contributed by atoms with van der Waals surface area (Å²) in [5, 5.41) is 3.55. The molecule has 1 aliphatic rings. The van der Waals surface area contributed by atoms with E-state index >= 15 is 0 Å². The molecule has 3 nitrogen and oxygen atoms in total. The number of halogens is 2. The summed E-state index contributed by atoms with van der Waals surface area (Å²) < 4.78 is 4.51. The van der Waals surface area contributed by atoms with Crippen molar-refractivity contribution >= 4 is 56.5 Å². The summed E-state index contributed by atoms with van der Waals surface area (Å²) in [6.45, 7) is 1.95. The zero-order valence-corrected chi connectivity index (χ0v) is 14.8. The third-order valence-corrected chi connectivity index (χ3v) is 6.94. The first-order chi connectivity index (χ1) is 8.72. The van der Waals surface area contributed by atoms with E-state index < -0.39 is 0 Å². The highest BCUT2D eigenvalue weighted by molar-refractivity contribution is 14.1. The molecule has 96 valence electrons. The van der Waals surface area contributed by atoms with Gasteiger partial charge in [-0.25, -0.2) is 4.98 Å². The highest BCUT2D eigenvalue weighted by Gasteiger charge is 2.20. The Labute approximate surface area is 138 Å². The van der Waals surface area contributed by atoms with Crippen LogP contribution in [-0.4, -0.2) is 15.6 Å². The molecule has 1 fully saturated rings. The molecule has 2 aromatic rings. The second kappa shape index (κ2) is 5.76. The number of rotatable bonds is 5. The molecule has 0 spiro atoms. The van der Waals surface area contributed by atoms with Gasteiger partial charge in [0, 0.05) is 22.3 Å². The highest BCUT2D eigenvalue weighted by atomic mass is 127. The first-order valence-electron chi connectivity index (χ1n) is 5.89. The van der Waals surface area contributed by atoms with E-state index in [9.17, 15) is 0 Å². The lowest BCUT2D eigenvalue weighted by Crippen LogP contribution is -2.14. The third kappa shape index (κ3) is 3.26. The standard InChI is InChI=1S/C12H13I2N3S/c13-11-12(14)17(7-16-11)6-10-4-3-9(18-10)5-15-8-1-2-8/h3-4,7-8,15H,1-2,5-6H2. The molecule has 0 unspecified atom stereocenters. The maximum atomic E-state index is 4.32. The maximum absolute atomic E-state index is 4.32. The van der Waals surface area contributed by atoms with Gasteiger partial charge in [0.05, 0.1) is 12.9 Å². The van der Waals surface area contributed by atoms with Crippen LogP contribution in [0.5, 0.6) is 0 Å². The molecular weight excluding hydrogens is 472 g/mol. The molecule has 0 radical (unpaired) electrons. The summed E-state index contributed by atoms with van der Waals surface area (Å²) in [6.07, 6.45) is 4.62. The molecule has 18 heavy (non-hydrogen) atoms. The molecule has 6 heteroatoms. The van der Waals surface area contributed by atoms with Crippen molar-refractivity contribution in [2.45, 2.75) is 32.0 Å². The summed E-state index contributed by atoms with van der Waals surface area (Å²) >= 11 is 6.53. The van der Waals surface area contributed by atoms with Crippen LogP contribution >= 0.6 is 56.5 Å².